The van der Waals surface area contributed by atoms with E-state index in [1.54, 1.807) is 0 Å². The van der Waals surface area contributed by atoms with Gasteiger partial charge in [0.2, 0.25) is 0 Å². The molecule has 0 heterocycles. The van der Waals surface area contributed by atoms with E-state index >= 15 is 0 Å². The van der Waals surface area contributed by atoms with Crippen LogP contribution in [0.4, 0.5) is 43.9 Å². The van der Waals surface area contributed by atoms with Crippen molar-refractivity contribution in [1.29, 1.82) is 0 Å². The van der Waals surface area contributed by atoms with Crippen LogP contribution in [0.2, 0.25) is 5.02 Å². The van der Waals surface area contributed by atoms with Crippen LogP contribution in [0.5, 0.6) is 0 Å². The first-order chi connectivity index (χ1) is 14.4. The number of alkyl halides is 9. The van der Waals surface area contributed by atoms with Gasteiger partial charge in [0.25, 0.3) is 0 Å². The van der Waals surface area contributed by atoms with Crippen LogP contribution in [0.3, 0.4) is 0 Å². The summed E-state index contributed by atoms with van der Waals surface area (Å²) in [5, 5.41) is -0.706. The van der Waals surface area contributed by atoms with Crippen molar-refractivity contribution in [3.8, 4) is 0 Å². The van der Waals surface area contributed by atoms with Crippen molar-refractivity contribution in [2.75, 3.05) is 0 Å². The van der Waals surface area contributed by atoms with Gasteiger partial charge in [0, 0.05) is 16.1 Å². The van der Waals surface area contributed by atoms with Gasteiger partial charge in [-0.25, -0.2) is 4.39 Å². The van der Waals surface area contributed by atoms with E-state index in [4.69, 9.17) is 11.6 Å². The Bertz CT molecular complexity index is 1050. The van der Waals surface area contributed by atoms with Crippen molar-refractivity contribution in [3.05, 3.63) is 75.3 Å². The number of carbonyl (C=O) groups is 1. The van der Waals surface area contributed by atoms with Gasteiger partial charge in [0.15, 0.2) is 5.78 Å². The van der Waals surface area contributed by atoms with E-state index in [1.807, 2.05) is 0 Å². The van der Waals surface area contributed by atoms with E-state index < -0.39 is 68.9 Å². The number of carbonyl (C=O) groups excluding carboxylic acids is 1. The number of hydrogen-bond donors (Lipinski definition) is 0. The van der Waals surface area contributed by atoms with Crippen LogP contribution in [0, 0.1) is 0 Å². The summed E-state index contributed by atoms with van der Waals surface area (Å²) in [6, 6.07) is 2.43. The van der Waals surface area contributed by atoms with Crippen LogP contribution >= 0.6 is 11.6 Å². The number of benzene rings is 2. The van der Waals surface area contributed by atoms with Crippen LogP contribution in [-0.4, -0.2) is 12.0 Å². The fourth-order valence-electron chi connectivity index (χ4n) is 2.81. The summed E-state index contributed by atoms with van der Waals surface area (Å²) in [6.07, 6.45) is -15.6. The molecule has 0 aromatic heterocycles. The first-order valence-electron chi connectivity index (χ1n) is 8.45. The third-order valence-corrected chi connectivity index (χ3v) is 4.47. The van der Waals surface area contributed by atoms with Crippen molar-refractivity contribution in [2.45, 2.75) is 31.4 Å². The van der Waals surface area contributed by atoms with Gasteiger partial charge in [-0.3, -0.25) is 4.79 Å². The molecule has 0 radical (unpaired) electrons. The number of halogens is 11. The molecule has 0 N–H and O–H groups in total. The maximum Gasteiger partial charge on any atom is 0.417 e. The molecule has 0 aliphatic rings. The van der Waals surface area contributed by atoms with Crippen molar-refractivity contribution >= 4 is 23.2 Å². The first kappa shape index (κ1) is 25.7. The minimum Gasteiger partial charge on any atom is -0.294 e. The lowest BCUT2D eigenvalue weighted by Crippen LogP contribution is -2.20. The minimum absolute atomic E-state index is 0.119. The highest BCUT2D eigenvalue weighted by Crippen LogP contribution is 2.42. The van der Waals surface area contributed by atoms with Gasteiger partial charge in [0.05, 0.1) is 11.1 Å². The summed E-state index contributed by atoms with van der Waals surface area (Å²) >= 11 is 5.48. The van der Waals surface area contributed by atoms with Crippen molar-refractivity contribution in [2.24, 2.45) is 0 Å². The Morgan fingerprint density at radius 2 is 1.50 bits per heavy atom. The number of ketones is 1. The summed E-state index contributed by atoms with van der Waals surface area (Å²) in [5.41, 5.74) is -5.94. The molecule has 32 heavy (non-hydrogen) atoms. The van der Waals surface area contributed by atoms with E-state index in [-0.39, 0.29) is 18.2 Å². The van der Waals surface area contributed by atoms with Gasteiger partial charge in [0.1, 0.15) is 11.7 Å². The van der Waals surface area contributed by atoms with Gasteiger partial charge in [-0.1, -0.05) is 23.7 Å². The summed E-state index contributed by atoms with van der Waals surface area (Å²) in [5.74, 6) is -5.76. The fourth-order valence-corrected chi connectivity index (χ4v) is 3.06. The second-order valence-electron chi connectivity index (χ2n) is 6.62. The van der Waals surface area contributed by atoms with Gasteiger partial charge in [-0.2, -0.15) is 39.5 Å². The highest BCUT2D eigenvalue weighted by molar-refractivity contribution is 6.30. The number of allylic oxidation sites excluding steroid dienone is 1. The zero-order chi connectivity index (χ0) is 24.6. The Morgan fingerprint density at radius 3 is 1.97 bits per heavy atom. The normalized spacial score (nSPS) is 14.4. The molecule has 0 spiro atoms. The second-order valence-corrected chi connectivity index (χ2v) is 7.06. The molecule has 1 atom stereocenters. The lowest BCUT2D eigenvalue weighted by Gasteiger charge is -2.20. The van der Waals surface area contributed by atoms with Gasteiger partial charge >= 0.3 is 18.5 Å². The molecule has 0 aliphatic heterocycles. The molecule has 0 saturated heterocycles. The molecular weight excluding hydrogens is 482 g/mol. The number of hydrogen-bond acceptors (Lipinski definition) is 1. The predicted molar refractivity (Wildman–Crippen MR) is 95.8 cm³/mol. The highest BCUT2D eigenvalue weighted by Gasteiger charge is 2.42. The quantitative estimate of drug-likeness (QED) is 0.310. The molecule has 0 saturated carbocycles. The molecule has 0 bridgehead atoms. The minimum atomic E-state index is -5.31. The SMILES string of the molecule is CC(=O)c1ccc(/C(F)=C/C(c2cc(Cl)cc(C(F)(F)F)c2)C(F)(F)F)cc1C(F)(F)F. The van der Waals surface area contributed by atoms with Gasteiger partial charge in [-0.05, 0) is 42.8 Å². The molecule has 174 valence electrons. The molecule has 1 nitrogen and oxygen atoms in total. The Labute approximate surface area is 179 Å². The highest BCUT2D eigenvalue weighted by atomic mass is 35.5. The molecule has 0 aliphatic carbocycles. The maximum absolute atomic E-state index is 14.6. The largest absolute Gasteiger partial charge is 0.417 e. The maximum atomic E-state index is 14.6. The van der Waals surface area contributed by atoms with Crippen LogP contribution in [0.25, 0.3) is 5.83 Å². The lowest BCUT2D eigenvalue weighted by molar-refractivity contribution is -0.142. The van der Waals surface area contributed by atoms with Crippen molar-refractivity contribution in [3.63, 3.8) is 0 Å². The third kappa shape index (κ3) is 6.02. The topological polar surface area (TPSA) is 17.1 Å². The molecule has 0 amide bonds. The average Bonchev–Trinajstić information content (AvgIpc) is 2.62. The smallest absolute Gasteiger partial charge is 0.294 e. The Hall–Kier alpha value is -2.56. The summed E-state index contributed by atoms with van der Waals surface area (Å²) in [6.45, 7) is 0.813. The van der Waals surface area contributed by atoms with E-state index in [0.717, 1.165) is 6.92 Å². The van der Waals surface area contributed by atoms with Gasteiger partial charge < -0.3 is 0 Å². The molecular formula is C20H11ClF10O. The predicted octanol–water partition coefficient (Wildman–Crippen LogP) is 8.24. The summed E-state index contributed by atoms with van der Waals surface area (Å²) in [4.78, 5) is 11.4. The summed E-state index contributed by atoms with van der Waals surface area (Å²) in [7, 11) is 0. The van der Waals surface area contributed by atoms with E-state index in [2.05, 4.69) is 0 Å². The van der Waals surface area contributed by atoms with Crippen LogP contribution in [0.1, 0.15) is 45.5 Å². The van der Waals surface area contributed by atoms with Crippen molar-refractivity contribution in [1.82, 2.24) is 0 Å². The molecule has 2 rings (SSSR count). The average molecular weight is 493 g/mol. The fraction of sp³-hybridized carbons (Fsp3) is 0.250. The third-order valence-electron chi connectivity index (χ3n) is 4.25. The van der Waals surface area contributed by atoms with E-state index in [1.165, 1.54) is 0 Å². The molecule has 0 fully saturated rings. The second kappa shape index (κ2) is 8.76. The Kier molecular flexibility index (Phi) is 7.04. The molecule has 12 heteroatoms. The zero-order valence-corrected chi connectivity index (χ0v) is 16.4. The van der Waals surface area contributed by atoms with E-state index in [9.17, 15) is 48.7 Å². The monoisotopic (exact) mass is 492 g/mol. The van der Waals surface area contributed by atoms with Crippen molar-refractivity contribution < 1.29 is 48.7 Å². The molecule has 2 aromatic rings. The Morgan fingerprint density at radius 1 is 0.906 bits per heavy atom. The van der Waals surface area contributed by atoms with Crippen LogP contribution in [-0.2, 0) is 12.4 Å². The van der Waals surface area contributed by atoms with Gasteiger partial charge in [-0.15, -0.1) is 0 Å². The number of rotatable bonds is 4. The Balaban J connectivity index is 2.65. The van der Waals surface area contributed by atoms with Crippen LogP contribution in [0.15, 0.2) is 42.5 Å². The van der Waals surface area contributed by atoms with E-state index in [0.29, 0.717) is 24.3 Å². The zero-order valence-electron chi connectivity index (χ0n) is 15.7. The number of Topliss-reactive ketones (excluding diaryl/α,β-unsaturated/α-hetero) is 1. The molecule has 2 aromatic carbocycles. The lowest BCUT2D eigenvalue weighted by atomic mass is 9.94. The first-order valence-corrected chi connectivity index (χ1v) is 8.83. The standard InChI is InChI=1S/C20H11ClF10O/c1-9(32)14-3-2-10(6-16(14)20(29,30)31)17(22)8-15(19(26,27)28)11-4-12(18(23,24)25)7-13(21)5-11/h2-8,15H,1H3/b17-8-. The molecule has 1 unspecified atom stereocenters. The summed E-state index contributed by atoms with van der Waals surface area (Å²) < 4.78 is 133. The van der Waals surface area contributed by atoms with Crippen LogP contribution < -0.4 is 0 Å².